The van der Waals surface area contributed by atoms with E-state index in [1.54, 1.807) is 17.3 Å². The van der Waals surface area contributed by atoms with Gasteiger partial charge in [0.25, 0.3) is 0 Å². The van der Waals surface area contributed by atoms with E-state index in [0.29, 0.717) is 24.7 Å². The van der Waals surface area contributed by atoms with Gasteiger partial charge in [0.1, 0.15) is 17.7 Å². The molecule has 3 amide bonds. The van der Waals surface area contributed by atoms with Gasteiger partial charge in [0.05, 0.1) is 65.0 Å². The largest absolute Gasteiger partial charge is 0.453 e. The number of fused-ring (bicyclic) bond motifs is 2. The number of nitrogens with zero attached hydrogens (tertiary/aromatic N) is 6. The molecular formula is C40H47N9O4. The minimum absolute atomic E-state index is 0.0210. The Bertz CT molecular complexity index is 2200. The lowest BCUT2D eigenvalue weighted by molar-refractivity contribution is -0.135. The van der Waals surface area contributed by atoms with Crippen LogP contribution in [-0.2, 0) is 14.3 Å². The van der Waals surface area contributed by atoms with Crippen molar-refractivity contribution in [2.45, 2.75) is 84.3 Å². The molecule has 0 radical (unpaired) electrons. The van der Waals surface area contributed by atoms with Crippen LogP contribution in [0.2, 0.25) is 0 Å². The highest BCUT2D eigenvalue weighted by molar-refractivity contribution is 5.87. The minimum Gasteiger partial charge on any atom is -0.453 e. The molecule has 3 aliphatic rings. The fraction of sp³-hybridized carbons (Fsp3) is 0.475. The van der Waals surface area contributed by atoms with Crippen molar-refractivity contribution >= 4 is 40.0 Å². The number of likely N-dealkylation sites (tertiary alicyclic amines) is 2. The molecule has 5 heterocycles. The van der Waals surface area contributed by atoms with E-state index in [2.05, 4.69) is 45.1 Å². The Morgan fingerprint density at radius 1 is 0.906 bits per heavy atom. The molecule has 53 heavy (non-hydrogen) atoms. The Labute approximate surface area is 308 Å². The van der Waals surface area contributed by atoms with E-state index in [4.69, 9.17) is 19.7 Å². The number of methoxy groups -OCH3 is 1. The molecule has 2 saturated heterocycles. The normalized spacial score (nSPS) is 19.9. The summed E-state index contributed by atoms with van der Waals surface area (Å²) in [4.78, 5) is 69.0. The third-order valence-corrected chi connectivity index (χ3v) is 11.2. The Morgan fingerprint density at radius 3 is 2.45 bits per heavy atom. The van der Waals surface area contributed by atoms with Crippen LogP contribution in [0.1, 0.15) is 90.0 Å². The summed E-state index contributed by atoms with van der Waals surface area (Å²) in [6.07, 6.45) is 8.47. The molecule has 276 valence electrons. The van der Waals surface area contributed by atoms with Gasteiger partial charge in [-0.25, -0.2) is 19.7 Å². The summed E-state index contributed by atoms with van der Waals surface area (Å²) in [7, 11) is 1.29. The number of aromatic nitrogens is 6. The Hall–Kier alpha value is -5.33. The highest BCUT2D eigenvalue weighted by Crippen LogP contribution is 2.58. The lowest BCUT2D eigenvalue weighted by atomic mass is 10.0. The number of ether oxygens (including phenoxy) is 1. The van der Waals surface area contributed by atoms with Crippen molar-refractivity contribution in [1.29, 1.82) is 0 Å². The quantitative estimate of drug-likeness (QED) is 0.152. The van der Waals surface area contributed by atoms with Gasteiger partial charge in [0, 0.05) is 30.6 Å². The van der Waals surface area contributed by atoms with Crippen molar-refractivity contribution in [3.8, 4) is 22.5 Å². The molecule has 1 saturated carbocycles. The third-order valence-electron chi connectivity index (χ3n) is 11.2. The highest BCUT2D eigenvalue weighted by Gasteiger charge is 2.54. The van der Waals surface area contributed by atoms with Crippen LogP contribution in [-0.4, -0.2) is 83.9 Å². The van der Waals surface area contributed by atoms with E-state index in [1.165, 1.54) is 20.0 Å². The van der Waals surface area contributed by atoms with Gasteiger partial charge in [0.15, 0.2) is 0 Å². The van der Waals surface area contributed by atoms with Gasteiger partial charge >= 0.3 is 6.09 Å². The summed E-state index contributed by atoms with van der Waals surface area (Å²) >= 11 is 0. The number of imidazole rings is 2. The van der Waals surface area contributed by atoms with Gasteiger partial charge < -0.3 is 29.8 Å². The fourth-order valence-electron chi connectivity index (χ4n) is 8.08. The maximum Gasteiger partial charge on any atom is 0.407 e. The average molecular weight is 718 g/mol. The number of hydrogen-bond donors (Lipinski definition) is 3. The number of aromatic amines is 2. The van der Waals surface area contributed by atoms with Gasteiger partial charge in [-0.05, 0) is 73.6 Å². The topological polar surface area (TPSA) is 162 Å². The molecule has 1 spiro atoms. The number of rotatable bonds is 9. The van der Waals surface area contributed by atoms with Crippen LogP contribution in [0.4, 0.5) is 4.79 Å². The zero-order chi connectivity index (χ0) is 37.0. The number of carbonyl (C=O) groups is 3. The lowest BCUT2D eigenvalue weighted by Gasteiger charge is -2.30. The second-order valence-corrected chi connectivity index (χ2v) is 15.9. The van der Waals surface area contributed by atoms with Crippen molar-refractivity contribution in [2.24, 2.45) is 17.3 Å². The van der Waals surface area contributed by atoms with Crippen molar-refractivity contribution in [3.63, 3.8) is 0 Å². The summed E-state index contributed by atoms with van der Waals surface area (Å²) < 4.78 is 4.76. The molecule has 0 bridgehead atoms. The minimum atomic E-state index is -0.690. The smallest absolute Gasteiger partial charge is 0.407 e. The Morgan fingerprint density at radius 2 is 1.70 bits per heavy atom. The van der Waals surface area contributed by atoms with Crippen LogP contribution < -0.4 is 5.32 Å². The van der Waals surface area contributed by atoms with Crippen LogP contribution in [0.5, 0.6) is 0 Å². The van der Waals surface area contributed by atoms with Crippen LogP contribution >= 0.6 is 0 Å². The summed E-state index contributed by atoms with van der Waals surface area (Å²) in [5, 5.41) is 2.70. The number of amides is 3. The molecule has 3 aromatic heterocycles. The van der Waals surface area contributed by atoms with E-state index >= 15 is 0 Å². The number of carbonyl (C=O) groups excluding carboxylic acids is 3. The van der Waals surface area contributed by atoms with Crippen LogP contribution in [0.15, 0.2) is 48.8 Å². The number of hydrogen-bond acceptors (Lipinski definition) is 8. The Kier molecular flexibility index (Phi) is 8.90. The van der Waals surface area contributed by atoms with Gasteiger partial charge in [-0.3, -0.25) is 14.6 Å². The van der Waals surface area contributed by atoms with Crippen molar-refractivity contribution in [1.82, 2.24) is 45.0 Å². The molecule has 0 unspecified atom stereocenters. The van der Waals surface area contributed by atoms with Gasteiger partial charge in [0.2, 0.25) is 11.8 Å². The van der Waals surface area contributed by atoms with Gasteiger partial charge in [-0.2, -0.15) is 0 Å². The zero-order valence-electron chi connectivity index (χ0n) is 31.0. The molecule has 8 rings (SSSR count). The number of nitrogens with one attached hydrogen (secondary N) is 3. The first-order valence-corrected chi connectivity index (χ1v) is 18.8. The molecule has 3 N–H and O–H groups in total. The first-order valence-electron chi connectivity index (χ1n) is 18.8. The van der Waals surface area contributed by atoms with E-state index in [1.807, 2.05) is 44.2 Å². The molecule has 1 aliphatic carbocycles. The van der Waals surface area contributed by atoms with Crippen LogP contribution in [0.25, 0.3) is 44.6 Å². The van der Waals surface area contributed by atoms with Crippen molar-refractivity contribution in [2.75, 3.05) is 20.2 Å². The maximum atomic E-state index is 13.6. The number of alkyl carbamates (subject to hydrolysis) is 1. The first-order chi connectivity index (χ1) is 25.5. The predicted octanol–water partition coefficient (Wildman–Crippen LogP) is 6.71. The number of benzene rings is 2. The van der Waals surface area contributed by atoms with E-state index in [9.17, 15) is 14.4 Å². The summed E-state index contributed by atoms with van der Waals surface area (Å²) in [6, 6.07) is 11.1. The maximum absolute atomic E-state index is 13.6. The molecule has 5 aromatic rings. The fourth-order valence-corrected chi connectivity index (χ4v) is 8.08. The van der Waals surface area contributed by atoms with Crippen LogP contribution in [0.3, 0.4) is 0 Å². The monoisotopic (exact) mass is 717 g/mol. The molecule has 3 fully saturated rings. The van der Waals surface area contributed by atoms with Gasteiger partial charge in [-0.15, -0.1) is 0 Å². The predicted molar refractivity (Wildman–Crippen MR) is 200 cm³/mol. The van der Waals surface area contributed by atoms with E-state index in [-0.39, 0.29) is 35.2 Å². The molecule has 13 nitrogen and oxygen atoms in total. The molecule has 2 aromatic carbocycles. The van der Waals surface area contributed by atoms with E-state index < -0.39 is 12.1 Å². The molecule has 2 aliphatic heterocycles. The summed E-state index contributed by atoms with van der Waals surface area (Å²) in [5.74, 6) is 1.86. The standard InChI is InChI=1S/C40H47N9O4/c1-22(2)15-34(50)49-21-40(12-13-40)18-33(49)37-44-27-11-9-25(17-29(27)45-37)30-19-41-28-16-24(8-10-26(28)43-30)31-20-42-36(46-31)32-7-6-14-48(32)38(51)35(23(3)4)47-39(52)53-5/h8-11,16-17,19-20,22-23,32-33,35H,6-7,12-15,18,21H2,1-5H3,(H,42,46)(H,44,45)(H,47,52)/t32-,33-,35-/m0/s1. The zero-order valence-corrected chi connectivity index (χ0v) is 31.0. The lowest BCUT2D eigenvalue weighted by Crippen LogP contribution is -2.51. The summed E-state index contributed by atoms with van der Waals surface area (Å²) in [6.45, 7) is 9.41. The van der Waals surface area contributed by atoms with Crippen molar-refractivity contribution < 1.29 is 19.1 Å². The third kappa shape index (κ3) is 6.73. The second kappa shape index (κ2) is 13.6. The second-order valence-electron chi connectivity index (χ2n) is 15.9. The number of H-pyrrole nitrogens is 2. The Balaban J connectivity index is 0.998. The average Bonchev–Trinajstić information content (AvgIpc) is 3.64. The van der Waals surface area contributed by atoms with Gasteiger partial charge in [-0.1, -0.05) is 39.8 Å². The van der Waals surface area contributed by atoms with Crippen LogP contribution in [0, 0.1) is 17.3 Å². The first kappa shape index (κ1) is 34.7. The molecule has 3 atom stereocenters. The summed E-state index contributed by atoms with van der Waals surface area (Å²) in [5.41, 5.74) is 6.99. The van der Waals surface area contributed by atoms with E-state index in [0.717, 1.165) is 76.2 Å². The highest BCUT2D eigenvalue weighted by atomic mass is 16.5. The van der Waals surface area contributed by atoms with Crippen molar-refractivity contribution in [3.05, 3.63) is 60.4 Å². The SMILES string of the molecule is COC(=O)N[C@H](C(=O)N1CCC[C@H]1c1ncc(-c2ccc3nc(-c4ccc5nc([C@@H]6CC7(CC7)CN6C(=O)CC(C)C)[nH]c5c4)cnc3c2)[nH]1)C(C)C. The molecular weight excluding hydrogens is 670 g/mol. The molecule has 13 heteroatoms.